The molecule has 0 fully saturated rings. The van der Waals surface area contributed by atoms with Gasteiger partial charge in [-0.25, -0.2) is 4.79 Å². The second kappa shape index (κ2) is 9.45. The van der Waals surface area contributed by atoms with E-state index in [2.05, 4.69) is 5.32 Å². The first-order valence-electron chi connectivity index (χ1n) is 7.70. The van der Waals surface area contributed by atoms with Gasteiger partial charge in [-0.1, -0.05) is 26.8 Å². The standard InChI is InChI=1S/C17H25NO4S/c1-5-23-15(11(2)3)16(19)18-9-8-12-6-7-13(17(20)21)10-14(12)22-4/h6-7,10-11,15H,5,8-9H2,1-4H3,(H,18,19)(H,20,21). The summed E-state index contributed by atoms with van der Waals surface area (Å²) in [6.45, 7) is 6.62. The Morgan fingerprint density at radius 2 is 2.04 bits per heavy atom. The fourth-order valence-electron chi connectivity index (χ4n) is 2.26. The summed E-state index contributed by atoms with van der Waals surface area (Å²) >= 11 is 1.65. The van der Waals surface area contributed by atoms with Crippen LogP contribution in [0.5, 0.6) is 5.75 Å². The molecule has 0 aliphatic heterocycles. The van der Waals surface area contributed by atoms with Crippen molar-refractivity contribution in [1.29, 1.82) is 0 Å². The largest absolute Gasteiger partial charge is 0.496 e. The quantitative estimate of drug-likeness (QED) is 0.723. The lowest BCUT2D eigenvalue weighted by Gasteiger charge is -2.19. The Labute approximate surface area is 141 Å². The Hall–Kier alpha value is -1.69. The lowest BCUT2D eigenvalue weighted by molar-refractivity contribution is -0.121. The molecule has 0 bridgehead atoms. The van der Waals surface area contributed by atoms with Crippen molar-refractivity contribution in [3.8, 4) is 5.75 Å². The fourth-order valence-corrected chi connectivity index (χ4v) is 3.23. The number of carbonyl (C=O) groups excluding carboxylic acids is 1. The molecule has 128 valence electrons. The van der Waals surface area contributed by atoms with E-state index in [0.29, 0.717) is 18.7 Å². The Balaban J connectivity index is 2.64. The van der Waals surface area contributed by atoms with Gasteiger partial charge in [0.1, 0.15) is 5.75 Å². The van der Waals surface area contributed by atoms with Gasteiger partial charge in [0, 0.05) is 6.54 Å². The third-order valence-electron chi connectivity index (χ3n) is 3.44. The zero-order valence-electron chi connectivity index (χ0n) is 14.1. The minimum atomic E-state index is -0.987. The van der Waals surface area contributed by atoms with E-state index in [1.54, 1.807) is 23.9 Å². The maximum atomic E-state index is 12.2. The Bertz CT molecular complexity index is 545. The molecule has 1 aromatic rings. The summed E-state index contributed by atoms with van der Waals surface area (Å²) in [5.41, 5.74) is 1.07. The number of rotatable bonds is 9. The van der Waals surface area contributed by atoms with Gasteiger partial charge in [0.05, 0.1) is 17.9 Å². The van der Waals surface area contributed by atoms with Gasteiger partial charge in [0.2, 0.25) is 5.91 Å². The third-order valence-corrected chi connectivity index (χ3v) is 4.89. The fraction of sp³-hybridized carbons (Fsp3) is 0.529. The number of ether oxygens (including phenoxy) is 1. The molecule has 0 aliphatic carbocycles. The van der Waals surface area contributed by atoms with Crippen LogP contribution in [0.1, 0.15) is 36.7 Å². The first-order chi connectivity index (χ1) is 10.9. The average molecular weight is 339 g/mol. The third kappa shape index (κ3) is 5.78. The van der Waals surface area contributed by atoms with Gasteiger partial charge in [-0.3, -0.25) is 4.79 Å². The second-order valence-electron chi connectivity index (χ2n) is 5.49. The highest BCUT2D eigenvalue weighted by Crippen LogP contribution is 2.21. The van der Waals surface area contributed by atoms with Crippen LogP contribution in [-0.2, 0) is 11.2 Å². The number of thioether (sulfide) groups is 1. The number of nitrogens with one attached hydrogen (secondary N) is 1. The highest BCUT2D eigenvalue weighted by molar-refractivity contribution is 8.00. The van der Waals surface area contributed by atoms with Crippen LogP contribution >= 0.6 is 11.8 Å². The normalized spacial score (nSPS) is 12.0. The van der Waals surface area contributed by atoms with E-state index in [4.69, 9.17) is 9.84 Å². The Morgan fingerprint density at radius 1 is 1.35 bits per heavy atom. The number of methoxy groups -OCH3 is 1. The van der Waals surface area contributed by atoms with E-state index < -0.39 is 5.97 Å². The van der Waals surface area contributed by atoms with Crippen LogP contribution in [0.3, 0.4) is 0 Å². The van der Waals surface area contributed by atoms with Crippen molar-refractivity contribution in [2.75, 3.05) is 19.4 Å². The molecule has 23 heavy (non-hydrogen) atoms. The van der Waals surface area contributed by atoms with Crippen molar-refractivity contribution in [3.63, 3.8) is 0 Å². The van der Waals surface area contributed by atoms with Gasteiger partial charge in [-0.15, -0.1) is 11.8 Å². The summed E-state index contributed by atoms with van der Waals surface area (Å²) in [6.07, 6.45) is 0.594. The predicted molar refractivity (Wildman–Crippen MR) is 93.4 cm³/mol. The van der Waals surface area contributed by atoms with E-state index in [9.17, 15) is 9.59 Å². The van der Waals surface area contributed by atoms with E-state index in [0.717, 1.165) is 11.3 Å². The van der Waals surface area contributed by atoms with Crippen molar-refractivity contribution >= 4 is 23.6 Å². The molecule has 0 saturated heterocycles. The first-order valence-corrected chi connectivity index (χ1v) is 8.75. The number of amides is 1. The van der Waals surface area contributed by atoms with Crippen LogP contribution in [0, 0.1) is 5.92 Å². The molecule has 0 heterocycles. The number of carboxylic acid groups (broad SMARTS) is 1. The SMILES string of the molecule is CCSC(C(=O)NCCc1ccc(C(=O)O)cc1OC)C(C)C. The van der Waals surface area contributed by atoms with Crippen LogP contribution in [0.4, 0.5) is 0 Å². The Morgan fingerprint density at radius 3 is 2.57 bits per heavy atom. The summed E-state index contributed by atoms with van der Waals surface area (Å²) < 4.78 is 5.24. The molecule has 2 N–H and O–H groups in total. The maximum Gasteiger partial charge on any atom is 0.335 e. The predicted octanol–water partition coefficient (Wildman–Crippen LogP) is 2.83. The number of carboxylic acids is 1. The topological polar surface area (TPSA) is 75.6 Å². The van der Waals surface area contributed by atoms with Crippen LogP contribution in [0.2, 0.25) is 0 Å². The average Bonchev–Trinajstić information content (AvgIpc) is 2.52. The van der Waals surface area contributed by atoms with Gasteiger partial charge in [-0.05, 0) is 35.8 Å². The zero-order chi connectivity index (χ0) is 17.4. The van der Waals surface area contributed by atoms with Crippen molar-refractivity contribution in [2.45, 2.75) is 32.4 Å². The molecule has 0 spiro atoms. The molecule has 1 unspecified atom stereocenters. The zero-order valence-corrected chi connectivity index (χ0v) is 14.9. The van der Waals surface area contributed by atoms with E-state index in [1.165, 1.54) is 13.2 Å². The lowest BCUT2D eigenvalue weighted by atomic mass is 10.1. The molecule has 0 saturated carbocycles. The van der Waals surface area contributed by atoms with Gasteiger partial charge < -0.3 is 15.2 Å². The monoisotopic (exact) mass is 339 g/mol. The minimum absolute atomic E-state index is 0.0451. The number of hydrogen-bond donors (Lipinski definition) is 2. The Kier molecular flexibility index (Phi) is 7.95. The molecular formula is C17H25NO4S. The maximum absolute atomic E-state index is 12.2. The van der Waals surface area contributed by atoms with E-state index in [-0.39, 0.29) is 22.6 Å². The van der Waals surface area contributed by atoms with Gasteiger partial charge in [-0.2, -0.15) is 0 Å². The van der Waals surface area contributed by atoms with Crippen LogP contribution in [0.25, 0.3) is 0 Å². The summed E-state index contributed by atoms with van der Waals surface area (Å²) in [5, 5.41) is 11.9. The molecule has 6 heteroatoms. The lowest BCUT2D eigenvalue weighted by Crippen LogP contribution is -2.37. The molecule has 0 aliphatic rings. The smallest absolute Gasteiger partial charge is 0.335 e. The molecule has 0 radical (unpaired) electrons. The van der Waals surface area contributed by atoms with E-state index in [1.807, 2.05) is 20.8 Å². The molecule has 1 aromatic carbocycles. The van der Waals surface area contributed by atoms with Crippen molar-refractivity contribution in [2.24, 2.45) is 5.92 Å². The summed E-state index contributed by atoms with van der Waals surface area (Å²) in [7, 11) is 1.51. The molecule has 5 nitrogen and oxygen atoms in total. The number of benzene rings is 1. The summed E-state index contributed by atoms with van der Waals surface area (Å²) in [6, 6.07) is 4.78. The second-order valence-corrected chi connectivity index (χ2v) is 6.91. The van der Waals surface area contributed by atoms with Gasteiger partial charge >= 0.3 is 5.97 Å². The van der Waals surface area contributed by atoms with Crippen molar-refractivity contribution in [1.82, 2.24) is 5.32 Å². The van der Waals surface area contributed by atoms with Crippen molar-refractivity contribution < 1.29 is 19.4 Å². The summed E-state index contributed by atoms with van der Waals surface area (Å²) in [5.74, 6) is 0.778. The molecule has 0 aromatic heterocycles. The van der Waals surface area contributed by atoms with Crippen molar-refractivity contribution in [3.05, 3.63) is 29.3 Å². The number of hydrogen-bond acceptors (Lipinski definition) is 4. The highest BCUT2D eigenvalue weighted by Gasteiger charge is 2.21. The molecule has 1 atom stereocenters. The highest BCUT2D eigenvalue weighted by atomic mass is 32.2. The van der Waals surface area contributed by atoms with Gasteiger partial charge in [0.15, 0.2) is 0 Å². The molecular weight excluding hydrogens is 314 g/mol. The molecule has 1 rings (SSSR count). The first kappa shape index (κ1) is 19.4. The van der Waals surface area contributed by atoms with Crippen LogP contribution in [-0.4, -0.2) is 41.6 Å². The summed E-state index contributed by atoms with van der Waals surface area (Å²) in [4.78, 5) is 23.2. The van der Waals surface area contributed by atoms with Crippen LogP contribution in [0.15, 0.2) is 18.2 Å². The van der Waals surface area contributed by atoms with Crippen LogP contribution < -0.4 is 10.1 Å². The van der Waals surface area contributed by atoms with E-state index >= 15 is 0 Å². The molecule has 1 amide bonds. The number of aromatic carboxylic acids is 1. The van der Waals surface area contributed by atoms with Gasteiger partial charge in [0.25, 0.3) is 0 Å². The number of carbonyl (C=O) groups is 2. The minimum Gasteiger partial charge on any atom is -0.496 e.